The Morgan fingerprint density at radius 3 is 1.36 bits per heavy atom. The molecule has 0 bridgehead atoms. The number of rotatable bonds is 8. The summed E-state index contributed by atoms with van der Waals surface area (Å²) < 4.78 is 44.5. The highest BCUT2D eigenvalue weighted by Gasteiger charge is 2.09. The molecule has 0 unspecified atom stereocenters. The van der Waals surface area contributed by atoms with Gasteiger partial charge in [0.1, 0.15) is 23.0 Å². The Balaban J connectivity index is 1.49. The zero-order chi connectivity index (χ0) is 23.2. The molecule has 0 amide bonds. The Labute approximate surface area is 196 Å². The highest BCUT2D eigenvalue weighted by Crippen LogP contribution is 2.31. The molecule has 0 radical (unpaired) electrons. The SMILES string of the molecule is CSc1nc(F)cc(Oc2cccc(Oc3cccc(Oc4cc(F)nc(SC)n4)c3)c2)n1. The molecule has 168 valence electrons. The Kier molecular flexibility index (Phi) is 7.20. The highest BCUT2D eigenvalue weighted by molar-refractivity contribution is 7.98. The van der Waals surface area contributed by atoms with Crippen LogP contribution in [0.4, 0.5) is 8.78 Å². The lowest BCUT2D eigenvalue weighted by Crippen LogP contribution is -1.95. The van der Waals surface area contributed by atoms with Crippen molar-refractivity contribution in [3.8, 4) is 34.8 Å². The molecular formula is C22H16F2N4O3S2. The van der Waals surface area contributed by atoms with Crippen molar-refractivity contribution in [1.29, 1.82) is 0 Å². The van der Waals surface area contributed by atoms with Crippen LogP contribution in [0.25, 0.3) is 0 Å². The number of thioether (sulfide) groups is 2. The largest absolute Gasteiger partial charge is 0.457 e. The van der Waals surface area contributed by atoms with E-state index in [0.29, 0.717) is 23.0 Å². The summed E-state index contributed by atoms with van der Waals surface area (Å²) in [5.74, 6) is 0.576. The van der Waals surface area contributed by atoms with Crippen LogP contribution in [0.1, 0.15) is 0 Å². The molecule has 4 aromatic rings. The van der Waals surface area contributed by atoms with Crippen LogP contribution in [-0.2, 0) is 0 Å². The number of ether oxygens (including phenoxy) is 3. The molecule has 2 aromatic heterocycles. The first kappa shape index (κ1) is 22.7. The van der Waals surface area contributed by atoms with E-state index in [1.807, 2.05) is 0 Å². The van der Waals surface area contributed by atoms with E-state index < -0.39 is 11.9 Å². The van der Waals surface area contributed by atoms with E-state index in [2.05, 4.69) is 19.9 Å². The Bertz CT molecular complexity index is 1180. The van der Waals surface area contributed by atoms with Crippen molar-refractivity contribution >= 4 is 23.5 Å². The second-order valence-corrected chi connectivity index (χ2v) is 7.83. The molecule has 0 saturated carbocycles. The Morgan fingerprint density at radius 1 is 0.576 bits per heavy atom. The van der Waals surface area contributed by atoms with Crippen molar-refractivity contribution in [2.75, 3.05) is 12.5 Å². The van der Waals surface area contributed by atoms with Crippen LogP contribution in [0, 0.1) is 11.9 Å². The summed E-state index contributed by atoms with van der Waals surface area (Å²) in [6, 6.07) is 15.8. The third kappa shape index (κ3) is 6.30. The molecule has 33 heavy (non-hydrogen) atoms. The summed E-state index contributed by atoms with van der Waals surface area (Å²) in [7, 11) is 0. The van der Waals surface area contributed by atoms with Crippen LogP contribution in [0.15, 0.2) is 71.0 Å². The minimum atomic E-state index is -0.679. The van der Waals surface area contributed by atoms with Gasteiger partial charge in [0.2, 0.25) is 23.7 Å². The molecule has 0 aliphatic carbocycles. The third-order valence-electron chi connectivity index (χ3n) is 3.96. The first-order valence-corrected chi connectivity index (χ1v) is 11.9. The average Bonchev–Trinajstić information content (AvgIpc) is 2.78. The van der Waals surface area contributed by atoms with Gasteiger partial charge in [0.15, 0.2) is 10.3 Å². The maximum absolute atomic E-state index is 13.6. The van der Waals surface area contributed by atoms with Gasteiger partial charge in [-0.1, -0.05) is 35.7 Å². The van der Waals surface area contributed by atoms with E-state index in [1.54, 1.807) is 61.0 Å². The molecule has 2 aromatic carbocycles. The van der Waals surface area contributed by atoms with Crippen LogP contribution in [0.2, 0.25) is 0 Å². The van der Waals surface area contributed by atoms with E-state index in [-0.39, 0.29) is 22.1 Å². The molecule has 0 N–H and O–H groups in total. The van der Waals surface area contributed by atoms with Crippen molar-refractivity contribution in [3.05, 3.63) is 72.6 Å². The summed E-state index contributed by atoms with van der Waals surface area (Å²) >= 11 is 2.42. The molecule has 7 nitrogen and oxygen atoms in total. The molecule has 0 aliphatic rings. The zero-order valence-corrected chi connectivity index (χ0v) is 19.0. The van der Waals surface area contributed by atoms with Crippen molar-refractivity contribution in [3.63, 3.8) is 0 Å². The van der Waals surface area contributed by atoms with Gasteiger partial charge >= 0.3 is 0 Å². The van der Waals surface area contributed by atoms with Gasteiger partial charge < -0.3 is 14.2 Å². The van der Waals surface area contributed by atoms with Crippen LogP contribution in [0.5, 0.6) is 34.8 Å². The maximum Gasteiger partial charge on any atom is 0.226 e. The zero-order valence-electron chi connectivity index (χ0n) is 17.4. The van der Waals surface area contributed by atoms with E-state index in [1.165, 1.54) is 23.5 Å². The predicted molar refractivity (Wildman–Crippen MR) is 121 cm³/mol. The fourth-order valence-corrected chi connectivity index (χ4v) is 3.34. The minimum absolute atomic E-state index is 0.0843. The summed E-state index contributed by atoms with van der Waals surface area (Å²) in [6.45, 7) is 0. The maximum atomic E-state index is 13.6. The van der Waals surface area contributed by atoms with Crippen LogP contribution >= 0.6 is 23.5 Å². The topological polar surface area (TPSA) is 79.2 Å². The summed E-state index contributed by atoms with van der Waals surface area (Å²) in [4.78, 5) is 15.6. The molecule has 0 saturated heterocycles. The van der Waals surface area contributed by atoms with Crippen molar-refractivity contribution in [2.45, 2.75) is 10.3 Å². The molecule has 2 heterocycles. The van der Waals surface area contributed by atoms with Gasteiger partial charge in [0.05, 0.1) is 12.1 Å². The standard InChI is InChI=1S/C22H16F2N4O3S2/c1-32-21-25-17(23)11-19(27-21)30-15-7-3-5-13(9-15)29-14-6-4-8-16(10-14)31-20-12-18(24)26-22(28-20)33-2/h3-12H,1-2H3. The second kappa shape index (κ2) is 10.5. The number of hydrogen-bond donors (Lipinski definition) is 0. The summed E-state index contributed by atoms with van der Waals surface area (Å²) in [6.07, 6.45) is 3.49. The number of benzene rings is 2. The van der Waals surface area contributed by atoms with Crippen molar-refractivity contribution < 1.29 is 23.0 Å². The van der Waals surface area contributed by atoms with Crippen LogP contribution in [0.3, 0.4) is 0 Å². The third-order valence-corrected chi connectivity index (χ3v) is 5.05. The van der Waals surface area contributed by atoms with Crippen molar-refractivity contribution in [2.24, 2.45) is 0 Å². The van der Waals surface area contributed by atoms with Gasteiger partial charge in [-0.25, -0.2) is 0 Å². The Morgan fingerprint density at radius 2 is 0.970 bits per heavy atom. The number of hydrogen-bond acceptors (Lipinski definition) is 9. The lowest BCUT2D eigenvalue weighted by Gasteiger charge is -2.10. The van der Waals surface area contributed by atoms with E-state index >= 15 is 0 Å². The molecule has 0 spiro atoms. The summed E-state index contributed by atoms with van der Waals surface area (Å²) in [5, 5.41) is 0.532. The average molecular weight is 487 g/mol. The van der Waals surface area contributed by atoms with Crippen LogP contribution < -0.4 is 14.2 Å². The molecule has 11 heteroatoms. The van der Waals surface area contributed by atoms with Crippen molar-refractivity contribution in [1.82, 2.24) is 19.9 Å². The van der Waals surface area contributed by atoms with Gasteiger partial charge in [-0.3, -0.25) is 0 Å². The van der Waals surface area contributed by atoms with Gasteiger partial charge in [0, 0.05) is 12.1 Å². The van der Waals surface area contributed by atoms with Gasteiger partial charge in [0.25, 0.3) is 0 Å². The van der Waals surface area contributed by atoms with E-state index in [9.17, 15) is 8.78 Å². The molecule has 0 atom stereocenters. The molecule has 4 rings (SSSR count). The molecular weight excluding hydrogens is 470 g/mol. The fraction of sp³-hybridized carbons (Fsp3) is 0.0909. The van der Waals surface area contributed by atoms with Gasteiger partial charge in [-0.2, -0.15) is 28.7 Å². The lowest BCUT2D eigenvalue weighted by atomic mass is 10.3. The Hall–Kier alpha value is -3.44. The van der Waals surface area contributed by atoms with E-state index in [0.717, 1.165) is 12.1 Å². The van der Waals surface area contributed by atoms with Gasteiger partial charge in [-0.05, 0) is 36.8 Å². The van der Waals surface area contributed by atoms with Crippen LogP contribution in [-0.4, -0.2) is 32.4 Å². The van der Waals surface area contributed by atoms with E-state index in [4.69, 9.17) is 14.2 Å². The predicted octanol–water partition coefficient (Wildman–Crippen LogP) is 6.37. The quantitative estimate of drug-likeness (QED) is 0.160. The normalized spacial score (nSPS) is 10.7. The smallest absolute Gasteiger partial charge is 0.226 e. The number of nitrogens with zero attached hydrogens (tertiary/aromatic N) is 4. The fourth-order valence-electron chi connectivity index (χ4n) is 2.62. The summed E-state index contributed by atoms with van der Waals surface area (Å²) in [5.41, 5.74) is 0. The monoisotopic (exact) mass is 486 g/mol. The minimum Gasteiger partial charge on any atom is -0.457 e. The second-order valence-electron chi connectivity index (χ2n) is 6.29. The van der Waals surface area contributed by atoms with Gasteiger partial charge in [-0.15, -0.1) is 0 Å². The number of aromatic nitrogens is 4. The first-order valence-electron chi connectivity index (χ1n) is 9.41. The first-order chi connectivity index (χ1) is 16.0. The highest BCUT2D eigenvalue weighted by atomic mass is 32.2. The number of halogens is 2. The molecule has 0 aliphatic heterocycles. The lowest BCUT2D eigenvalue weighted by molar-refractivity contribution is 0.428. The molecule has 0 fully saturated rings.